The number of ether oxygens (including phenoxy) is 4. The summed E-state index contributed by atoms with van der Waals surface area (Å²) >= 11 is 0. The van der Waals surface area contributed by atoms with Crippen molar-refractivity contribution >= 4 is 17.9 Å². The van der Waals surface area contributed by atoms with Crippen LogP contribution in [0, 0.1) is 0 Å². The summed E-state index contributed by atoms with van der Waals surface area (Å²) in [6, 6.07) is 12.1. The van der Waals surface area contributed by atoms with E-state index in [4.69, 9.17) is 9.47 Å². The molecule has 26 heavy (non-hydrogen) atoms. The minimum Gasteiger partial charge on any atom is -0.465 e. The molecule has 0 heterocycles. The van der Waals surface area contributed by atoms with Crippen molar-refractivity contribution in [1.82, 2.24) is 0 Å². The summed E-state index contributed by atoms with van der Waals surface area (Å²) in [4.78, 5) is 34.3. The molecular weight excluding hydrogens is 340 g/mol. The van der Waals surface area contributed by atoms with Crippen molar-refractivity contribution in [3.05, 3.63) is 72.3 Å². The summed E-state index contributed by atoms with van der Waals surface area (Å²) < 4.78 is 19.7. The lowest BCUT2D eigenvalue weighted by Crippen LogP contribution is -2.09. The van der Waals surface area contributed by atoms with Crippen molar-refractivity contribution in [2.75, 3.05) is 13.9 Å². The molecule has 0 aromatic heterocycles. The van der Waals surface area contributed by atoms with Crippen LogP contribution < -0.4 is 9.47 Å². The van der Waals surface area contributed by atoms with Crippen LogP contribution in [-0.4, -0.2) is 31.8 Å². The lowest BCUT2D eigenvalue weighted by atomic mass is 10.1. The molecule has 134 valence electrons. The van der Waals surface area contributed by atoms with Gasteiger partial charge in [0.05, 0.1) is 18.2 Å². The molecule has 2 aromatic carbocycles. The summed E-state index contributed by atoms with van der Waals surface area (Å²) in [6.45, 7) is 3.01. The van der Waals surface area contributed by atoms with Crippen molar-refractivity contribution in [2.45, 2.75) is 0 Å². The standard InChI is InChI=1S/C19H16O7/c1-3-17(20)25-12-24-15-8-10-16(11-9-15)26-19(22)14-6-4-13(5-7-14)18(21)23-2/h3-11H,1,12H2,2H3. The van der Waals surface area contributed by atoms with Crippen molar-refractivity contribution in [3.8, 4) is 11.5 Å². The first-order chi connectivity index (χ1) is 12.5. The van der Waals surface area contributed by atoms with Gasteiger partial charge in [-0.05, 0) is 48.5 Å². The molecule has 0 saturated carbocycles. The molecule has 7 nitrogen and oxygen atoms in total. The normalized spacial score (nSPS) is 9.73. The minimum atomic E-state index is -0.589. The van der Waals surface area contributed by atoms with Crippen LogP contribution in [0.4, 0.5) is 0 Å². The van der Waals surface area contributed by atoms with Gasteiger partial charge in [-0.15, -0.1) is 0 Å². The number of methoxy groups -OCH3 is 1. The molecule has 0 bridgehead atoms. The van der Waals surface area contributed by atoms with Gasteiger partial charge in [0.25, 0.3) is 0 Å². The van der Waals surface area contributed by atoms with E-state index in [0.29, 0.717) is 17.1 Å². The molecule has 0 radical (unpaired) electrons. The number of esters is 3. The second kappa shape index (κ2) is 9.03. The molecular formula is C19H16O7. The van der Waals surface area contributed by atoms with Gasteiger partial charge in [-0.1, -0.05) is 6.58 Å². The van der Waals surface area contributed by atoms with Crippen LogP contribution in [-0.2, 0) is 14.3 Å². The van der Waals surface area contributed by atoms with Gasteiger partial charge in [-0.3, -0.25) is 0 Å². The Bertz CT molecular complexity index is 792. The van der Waals surface area contributed by atoms with Crippen molar-refractivity contribution in [2.24, 2.45) is 0 Å². The molecule has 0 unspecified atom stereocenters. The molecule has 0 spiro atoms. The molecule has 7 heteroatoms. The van der Waals surface area contributed by atoms with Crippen LogP contribution in [0.1, 0.15) is 20.7 Å². The first-order valence-corrected chi connectivity index (χ1v) is 7.46. The van der Waals surface area contributed by atoms with Crippen LogP contribution in [0.25, 0.3) is 0 Å². The van der Waals surface area contributed by atoms with E-state index in [9.17, 15) is 14.4 Å². The highest BCUT2D eigenvalue weighted by Crippen LogP contribution is 2.19. The molecule has 0 aliphatic heterocycles. The highest BCUT2D eigenvalue weighted by molar-refractivity contribution is 5.94. The van der Waals surface area contributed by atoms with Crippen LogP contribution in [0.5, 0.6) is 11.5 Å². The highest BCUT2D eigenvalue weighted by atomic mass is 16.7. The number of carbonyl (C=O) groups is 3. The Morgan fingerprint density at radius 1 is 0.885 bits per heavy atom. The molecule has 0 amide bonds. The van der Waals surface area contributed by atoms with Gasteiger partial charge in [0.15, 0.2) is 0 Å². The zero-order chi connectivity index (χ0) is 18.9. The first-order valence-electron chi connectivity index (χ1n) is 7.46. The molecule has 0 fully saturated rings. The fourth-order valence-electron chi connectivity index (χ4n) is 1.84. The summed E-state index contributed by atoms with van der Waals surface area (Å²) in [7, 11) is 1.28. The van der Waals surface area contributed by atoms with Gasteiger partial charge >= 0.3 is 17.9 Å². The fourth-order valence-corrected chi connectivity index (χ4v) is 1.84. The monoisotopic (exact) mass is 356 g/mol. The van der Waals surface area contributed by atoms with Gasteiger partial charge in [0.2, 0.25) is 6.79 Å². The third kappa shape index (κ3) is 5.20. The quantitative estimate of drug-likeness (QED) is 0.326. The van der Waals surface area contributed by atoms with E-state index >= 15 is 0 Å². The second-order valence-corrected chi connectivity index (χ2v) is 4.86. The number of hydrogen-bond donors (Lipinski definition) is 0. The predicted octanol–water partition coefficient (Wildman–Crippen LogP) is 2.76. The van der Waals surface area contributed by atoms with Gasteiger partial charge in [-0.25, -0.2) is 14.4 Å². The molecule has 0 saturated heterocycles. The molecule has 0 aliphatic carbocycles. The molecule has 0 atom stereocenters. The Balaban J connectivity index is 1.91. The number of rotatable bonds is 7. The van der Waals surface area contributed by atoms with E-state index < -0.39 is 17.9 Å². The predicted molar refractivity (Wildman–Crippen MR) is 91.0 cm³/mol. The Kier molecular flexibility index (Phi) is 6.50. The van der Waals surface area contributed by atoms with E-state index in [-0.39, 0.29) is 12.4 Å². The van der Waals surface area contributed by atoms with E-state index in [1.54, 1.807) is 12.1 Å². The average Bonchev–Trinajstić information content (AvgIpc) is 2.68. The third-order valence-electron chi connectivity index (χ3n) is 3.17. The molecule has 2 aromatic rings. The van der Waals surface area contributed by atoms with Gasteiger partial charge < -0.3 is 18.9 Å². The zero-order valence-electron chi connectivity index (χ0n) is 14.0. The zero-order valence-corrected chi connectivity index (χ0v) is 14.0. The number of benzene rings is 2. The Hall–Kier alpha value is -3.61. The first kappa shape index (κ1) is 18.7. The summed E-state index contributed by atoms with van der Waals surface area (Å²) in [5.74, 6) is -0.908. The average molecular weight is 356 g/mol. The van der Waals surface area contributed by atoms with E-state index in [1.165, 1.54) is 43.5 Å². The van der Waals surface area contributed by atoms with Gasteiger partial charge in [0, 0.05) is 6.08 Å². The maximum atomic E-state index is 12.1. The van der Waals surface area contributed by atoms with Crippen LogP contribution in [0.15, 0.2) is 61.2 Å². The summed E-state index contributed by atoms with van der Waals surface area (Å²) in [5.41, 5.74) is 0.622. The summed E-state index contributed by atoms with van der Waals surface area (Å²) in [5, 5.41) is 0. The van der Waals surface area contributed by atoms with Gasteiger partial charge in [-0.2, -0.15) is 0 Å². The molecule has 0 aliphatic rings. The Morgan fingerprint density at radius 2 is 1.42 bits per heavy atom. The summed E-state index contributed by atoms with van der Waals surface area (Å²) in [6.07, 6.45) is 1.03. The second-order valence-electron chi connectivity index (χ2n) is 4.86. The third-order valence-corrected chi connectivity index (χ3v) is 3.17. The molecule has 0 N–H and O–H groups in total. The van der Waals surface area contributed by atoms with Crippen molar-refractivity contribution in [1.29, 1.82) is 0 Å². The van der Waals surface area contributed by atoms with Crippen LogP contribution >= 0.6 is 0 Å². The van der Waals surface area contributed by atoms with E-state index in [0.717, 1.165) is 6.08 Å². The number of carbonyl (C=O) groups excluding carboxylic acids is 3. The maximum Gasteiger partial charge on any atom is 0.343 e. The maximum absolute atomic E-state index is 12.1. The Labute approximate surface area is 149 Å². The highest BCUT2D eigenvalue weighted by Gasteiger charge is 2.11. The molecule has 2 rings (SSSR count). The van der Waals surface area contributed by atoms with E-state index in [2.05, 4.69) is 16.1 Å². The van der Waals surface area contributed by atoms with Gasteiger partial charge in [0.1, 0.15) is 11.5 Å². The lowest BCUT2D eigenvalue weighted by Gasteiger charge is -2.08. The lowest BCUT2D eigenvalue weighted by molar-refractivity contribution is -0.144. The van der Waals surface area contributed by atoms with Crippen LogP contribution in [0.2, 0.25) is 0 Å². The SMILES string of the molecule is C=CC(=O)OCOc1ccc(OC(=O)c2ccc(C(=O)OC)cc2)cc1. The number of hydrogen-bond acceptors (Lipinski definition) is 7. The smallest absolute Gasteiger partial charge is 0.343 e. The van der Waals surface area contributed by atoms with E-state index in [1.807, 2.05) is 0 Å². The minimum absolute atomic E-state index is 0.253. The topological polar surface area (TPSA) is 88.1 Å². The Morgan fingerprint density at radius 3 is 1.96 bits per heavy atom. The largest absolute Gasteiger partial charge is 0.465 e. The van der Waals surface area contributed by atoms with Crippen molar-refractivity contribution in [3.63, 3.8) is 0 Å². The van der Waals surface area contributed by atoms with Crippen LogP contribution in [0.3, 0.4) is 0 Å². The fraction of sp³-hybridized carbons (Fsp3) is 0.105. The van der Waals surface area contributed by atoms with Crippen molar-refractivity contribution < 1.29 is 33.3 Å².